The zero-order chi connectivity index (χ0) is 23.4. The lowest BCUT2D eigenvalue weighted by Gasteiger charge is -2.33. The number of fused-ring (bicyclic) bond motifs is 1. The lowest BCUT2D eigenvalue weighted by atomic mass is 10.1. The van der Waals surface area contributed by atoms with Gasteiger partial charge in [-0.3, -0.25) is 4.79 Å². The van der Waals surface area contributed by atoms with E-state index >= 15 is 0 Å². The summed E-state index contributed by atoms with van der Waals surface area (Å²) in [6, 6.07) is 7.24. The number of imidazole rings is 1. The van der Waals surface area contributed by atoms with Gasteiger partial charge < -0.3 is 30.0 Å². The van der Waals surface area contributed by atoms with Crippen LogP contribution in [0.15, 0.2) is 43.0 Å². The summed E-state index contributed by atoms with van der Waals surface area (Å²) in [4.78, 5) is 26.8. The lowest BCUT2D eigenvalue weighted by Crippen LogP contribution is -2.40. The monoisotopic (exact) mass is 455 g/mol. The average molecular weight is 455 g/mol. The van der Waals surface area contributed by atoms with Crippen LogP contribution in [0.4, 0.5) is 21.8 Å². The van der Waals surface area contributed by atoms with Crippen LogP contribution in [0.2, 0.25) is 0 Å². The van der Waals surface area contributed by atoms with Gasteiger partial charge in [-0.05, 0) is 37.1 Å². The largest absolute Gasteiger partial charge is 0.491 e. The normalized spacial score (nSPS) is 16.1. The number of nitrogens with two attached hydrogens (primary N) is 1. The lowest BCUT2D eigenvalue weighted by molar-refractivity contribution is -0.130. The Labute approximate surface area is 190 Å². The number of aromatic nitrogens is 4. The Morgan fingerprint density at radius 1 is 1.30 bits per heavy atom. The Morgan fingerprint density at radius 3 is 2.82 bits per heavy atom. The van der Waals surface area contributed by atoms with Gasteiger partial charge in [0.25, 0.3) is 5.91 Å². The number of methoxy groups -OCH3 is 1. The molecule has 0 radical (unpaired) electrons. The second-order valence-corrected chi connectivity index (χ2v) is 7.70. The number of ether oxygens (including phenoxy) is 2. The van der Waals surface area contributed by atoms with Crippen LogP contribution in [-0.4, -0.2) is 63.7 Å². The second kappa shape index (κ2) is 9.82. The number of nitrogens with zero attached hydrogens (tertiary/aromatic N) is 5. The number of benzene rings is 1. The Balaban J connectivity index is 1.54. The van der Waals surface area contributed by atoms with Crippen LogP contribution in [0.3, 0.4) is 0 Å². The Kier molecular flexibility index (Phi) is 6.68. The number of anilines is 3. The molecule has 1 atom stereocenters. The SMILES string of the molecule is C=C(F)C(=O)N1CCC[C@H](n2cnc3c(N)nc(Nc4ccc(OCCOC)cc4)nc32)C1. The highest BCUT2D eigenvalue weighted by molar-refractivity contribution is 5.90. The average Bonchev–Trinajstić information content (AvgIpc) is 3.24. The van der Waals surface area contributed by atoms with Gasteiger partial charge in [0.2, 0.25) is 5.95 Å². The third kappa shape index (κ3) is 5.03. The summed E-state index contributed by atoms with van der Waals surface area (Å²) in [6.45, 7) is 4.92. The summed E-state index contributed by atoms with van der Waals surface area (Å²) >= 11 is 0. The van der Waals surface area contributed by atoms with Crippen molar-refractivity contribution in [1.29, 1.82) is 0 Å². The van der Waals surface area contributed by atoms with E-state index in [1.165, 1.54) is 4.90 Å². The van der Waals surface area contributed by atoms with Gasteiger partial charge in [0.1, 0.15) is 17.9 Å². The first kappa shape index (κ1) is 22.5. The van der Waals surface area contributed by atoms with E-state index in [1.54, 1.807) is 13.4 Å². The van der Waals surface area contributed by atoms with Gasteiger partial charge >= 0.3 is 0 Å². The molecule has 3 aromatic rings. The summed E-state index contributed by atoms with van der Waals surface area (Å²) < 4.78 is 25.8. The number of likely N-dealkylation sites (tertiary alicyclic amines) is 1. The molecule has 0 aliphatic carbocycles. The number of nitrogen functional groups attached to an aromatic ring is 1. The van der Waals surface area contributed by atoms with Crippen molar-refractivity contribution in [2.45, 2.75) is 18.9 Å². The molecular formula is C22H26FN7O3. The van der Waals surface area contributed by atoms with E-state index in [9.17, 15) is 9.18 Å². The minimum Gasteiger partial charge on any atom is -0.491 e. The van der Waals surface area contributed by atoms with Gasteiger partial charge in [-0.1, -0.05) is 6.58 Å². The van der Waals surface area contributed by atoms with Crippen LogP contribution in [0.1, 0.15) is 18.9 Å². The van der Waals surface area contributed by atoms with Crippen LogP contribution >= 0.6 is 0 Å². The summed E-state index contributed by atoms with van der Waals surface area (Å²) in [5.41, 5.74) is 7.91. The maximum absolute atomic E-state index is 13.4. The molecule has 0 bridgehead atoms. The molecule has 33 heavy (non-hydrogen) atoms. The molecule has 3 heterocycles. The molecule has 1 saturated heterocycles. The van der Waals surface area contributed by atoms with Crippen molar-refractivity contribution in [3.63, 3.8) is 0 Å². The van der Waals surface area contributed by atoms with E-state index < -0.39 is 11.7 Å². The van der Waals surface area contributed by atoms with Crippen LogP contribution < -0.4 is 15.8 Å². The number of halogens is 1. The number of carbonyl (C=O) groups excluding carboxylic acids is 1. The number of nitrogens with one attached hydrogen (secondary N) is 1. The van der Waals surface area contributed by atoms with Gasteiger partial charge in [0.15, 0.2) is 17.3 Å². The van der Waals surface area contributed by atoms with Gasteiger partial charge in [-0.25, -0.2) is 9.37 Å². The molecule has 1 aliphatic heterocycles. The Hall–Kier alpha value is -3.73. The van der Waals surface area contributed by atoms with E-state index in [0.29, 0.717) is 43.4 Å². The molecule has 1 aromatic carbocycles. The molecule has 0 unspecified atom stereocenters. The highest BCUT2D eigenvalue weighted by atomic mass is 19.1. The molecular weight excluding hydrogens is 429 g/mol. The first-order valence-corrected chi connectivity index (χ1v) is 10.6. The van der Waals surface area contributed by atoms with Crippen molar-refractivity contribution in [1.82, 2.24) is 24.4 Å². The summed E-state index contributed by atoms with van der Waals surface area (Å²) in [6.07, 6.45) is 3.16. The van der Waals surface area contributed by atoms with Gasteiger partial charge in [-0.15, -0.1) is 0 Å². The molecule has 174 valence electrons. The van der Waals surface area contributed by atoms with Gasteiger partial charge in [0.05, 0.1) is 19.0 Å². The highest BCUT2D eigenvalue weighted by Crippen LogP contribution is 2.28. The molecule has 1 aliphatic rings. The number of hydrogen-bond donors (Lipinski definition) is 2. The maximum Gasteiger partial charge on any atom is 0.282 e. The van der Waals surface area contributed by atoms with E-state index in [4.69, 9.17) is 15.2 Å². The van der Waals surface area contributed by atoms with Crippen LogP contribution in [0.5, 0.6) is 5.75 Å². The molecule has 11 heteroatoms. The quantitative estimate of drug-likeness (QED) is 0.393. The number of amides is 1. The predicted octanol–water partition coefficient (Wildman–Crippen LogP) is 2.82. The number of piperidine rings is 1. The summed E-state index contributed by atoms with van der Waals surface area (Å²) in [5, 5.41) is 3.14. The van der Waals surface area contributed by atoms with Crippen molar-refractivity contribution in [3.8, 4) is 5.75 Å². The van der Waals surface area contributed by atoms with Crippen molar-refractivity contribution in [2.75, 3.05) is 44.5 Å². The fraction of sp³-hybridized carbons (Fsp3) is 0.364. The van der Waals surface area contributed by atoms with Crippen molar-refractivity contribution >= 4 is 34.5 Å². The molecule has 0 saturated carbocycles. The molecule has 10 nitrogen and oxygen atoms in total. The second-order valence-electron chi connectivity index (χ2n) is 7.70. The van der Waals surface area contributed by atoms with Crippen molar-refractivity contribution in [2.24, 2.45) is 0 Å². The van der Waals surface area contributed by atoms with E-state index in [0.717, 1.165) is 24.3 Å². The first-order chi connectivity index (χ1) is 16.0. The van der Waals surface area contributed by atoms with Crippen molar-refractivity contribution < 1.29 is 18.7 Å². The molecule has 2 aromatic heterocycles. The third-order valence-corrected chi connectivity index (χ3v) is 5.42. The Bertz CT molecular complexity index is 1150. The standard InChI is InChI=1S/C22H26FN7O3/c1-14(23)21(31)29-9-3-4-16(12-29)30-13-25-18-19(24)27-22(28-20(18)30)26-15-5-7-17(8-6-15)33-11-10-32-2/h5-8,13,16H,1,3-4,9-12H2,2H3,(H3,24,26,27,28)/t16-/m0/s1. The molecule has 1 amide bonds. The molecule has 0 spiro atoms. The topological polar surface area (TPSA) is 120 Å². The minimum absolute atomic E-state index is 0.113. The van der Waals surface area contributed by atoms with Crippen LogP contribution in [0, 0.1) is 0 Å². The fourth-order valence-electron chi connectivity index (χ4n) is 3.81. The zero-order valence-electron chi connectivity index (χ0n) is 18.3. The molecule has 1 fully saturated rings. The number of hydrogen-bond acceptors (Lipinski definition) is 8. The van der Waals surface area contributed by atoms with Crippen LogP contribution in [-0.2, 0) is 9.53 Å². The zero-order valence-corrected chi connectivity index (χ0v) is 18.3. The third-order valence-electron chi connectivity index (χ3n) is 5.42. The van der Waals surface area contributed by atoms with Gasteiger partial charge in [-0.2, -0.15) is 9.97 Å². The van der Waals surface area contributed by atoms with E-state index in [-0.39, 0.29) is 11.9 Å². The number of rotatable bonds is 8. The van der Waals surface area contributed by atoms with E-state index in [2.05, 4.69) is 26.8 Å². The Morgan fingerprint density at radius 2 is 2.09 bits per heavy atom. The summed E-state index contributed by atoms with van der Waals surface area (Å²) in [5.74, 6) is -0.370. The van der Waals surface area contributed by atoms with Crippen molar-refractivity contribution in [3.05, 3.63) is 43.0 Å². The summed E-state index contributed by atoms with van der Waals surface area (Å²) in [7, 11) is 1.62. The first-order valence-electron chi connectivity index (χ1n) is 10.6. The maximum atomic E-state index is 13.4. The van der Waals surface area contributed by atoms with Crippen LogP contribution in [0.25, 0.3) is 11.2 Å². The highest BCUT2D eigenvalue weighted by Gasteiger charge is 2.28. The smallest absolute Gasteiger partial charge is 0.282 e. The molecule has 3 N–H and O–H groups in total. The predicted molar refractivity (Wildman–Crippen MR) is 122 cm³/mol. The minimum atomic E-state index is -0.959. The number of carbonyl (C=O) groups is 1. The fourth-order valence-corrected chi connectivity index (χ4v) is 3.81. The van der Waals surface area contributed by atoms with Gasteiger partial charge in [0, 0.05) is 25.9 Å². The molecule has 4 rings (SSSR count). The van der Waals surface area contributed by atoms with E-state index in [1.807, 2.05) is 28.8 Å².